The molecule has 0 spiro atoms. The number of fused-ring (bicyclic) bond motifs is 2. The molecule has 0 aliphatic rings. The molecule has 5 rings (SSSR count). The van der Waals surface area contributed by atoms with Crippen molar-refractivity contribution in [3.8, 4) is 38.4 Å². The normalized spacial score (nSPS) is 11.4. The Hall–Kier alpha value is -3.47. The maximum atomic E-state index is 11.5. The van der Waals surface area contributed by atoms with Crippen LogP contribution in [0.3, 0.4) is 0 Å². The number of aryl methyl sites for hydroxylation is 2. The standard InChI is InChI=1S/C33H35N3O2S2/c1-3-5-7-9-11-22-14-17-26(39-22)28-30-31(36-25-19-21(20-34)13-16-24(25)35-30)29(33(38)32(28)37)27-18-15-23(40-27)12-10-8-6-4-2/h13-19,37-38H,3-12H2,1-2H3. The van der Waals surface area contributed by atoms with Gasteiger partial charge in [-0.25, -0.2) is 9.97 Å². The van der Waals surface area contributed by atoms with Gasteiger partial charge in [0.15, 0.2) is 11.5 Å². The van der Waals surface area contributed by atoms with E-state index >= 15 is 0 Å². The van der Waals surface area contributed by atoms with Gasteiger partial charge in [-0.2, -0.15) is 5.26 Å². The fourth-order valence-corrected chi connectivity index (χ4v) is 7.34. The first-order valence-corrected chi connectivity index (χ1v) is 15.9. The zero-order valence-corrected chi connectivity index (χ0v) is 24.8. The molecule has 0 saturated heterocycles. The number of benzene rings is 2. The van der Waals surface area contributed by atoms with E-state index in [1.54, 1.807) is 40.9 Å². The number of unbranched alkanes of at least 4 members (excludes halogenated alkanes) is 6. The van der Waals surface area contributed by atoms with E-state index in [0.29, 0.717) is 38.8 Å². The van der Waals surface area contributed by atoms with Gasteiger partial charge in [0.05, 0.1) is 33.8 Å². The molecule has 0 unspecified atom stereocenters. The van der Waals surface area contributed by atoms with Crippen LogP contribution in [0.2, 0.25) is 0 Å². The number of aromatic hydroxyl groups is 2. The second-order valence-electron chi connectivity index (χ2n) is 10.3. The third-order valence-corrected chi connectivity index (χ3v) is 9.66. The van der Waals surface area contributed by atoms with Crippen molar-refractivity contribution in [2.45, 2.75) is 78.1 Å². The van der Waals surface area contributed by atoms with E-state index in [4.69, 9.17) is 9.97 Å². The van der Waals surface area contributed by atoms with Crippen molar-refractivity contribution in [3.05, 3.63) is 57.8 Å². The van der Waals surface area contributed by atoms with Crippen molar-refractivity contribution >= 4 is 44.7 Å². The highest BCUT2D eigenvalue weighted by Crippen LogP contribution is 2.51. The zero-order chi connectivity index (χ0) is 28.1. The Morgan fingerprint density at radius 1 is 0.675 bits per heavy atom. The lowest BCUT2D eigenvalue weighted by Crippen LogP contribution is -1.94. The van der Waals surface area contributed by atoms with E-state index in [9.17, 15) is 15.5 Å². The van der Waals surface area contributed by atoms with Crippen molar-refractivity contribution < 1.29 is 10.2 Å². The Labute approximate surface area is 243 Å². The molecule has 0 radical (unpaired) electrons. The van der Waals surface area contributed by atoms with Crippen molar-refractivity contribution in [3.63, 3.8) is 0 Å². The molecule has 2 aromatic carbocycles. The van der Waals surface area contributed by atoms with E-state index in [1.807, 2.05) is 12.1 Å². The van der Waals surface area contributed by atoms with E-state index in [2.05, 4.69) is 32.0 Å². The van der Waals surface area contributed by atoms with E-state index in [0.717, 1.165) is 35.4 Å². The number of hydrogen-bond acceptors (Lipinski definition) is 7. The molecule has 0 fully saturated rings. The number of hydrogen-bond donors (Lipinski definition) is 2. The van der Waals surface area contributed by atoms with Crippen LogP contribution in [0.15, 0.2) is 42.5 Å². The van der Waals surface area contributed by atoms with Crippen molar-refractivity contribution in [2.75, 3.05) is 0 Å². The number of thiophene rings is 2. The highest BCUT2D eigenvalue weighted by atomic mass is 32.1. The fraction of sp³-hybridized carbons (Fsp3) is 0.364. The first kappa shape index (κ1) is 28.1. The van der Waals surface area contributed by atoms with Crippen LogP contribution >= 0.6 is 22.7 Å². The SMILES string of the molecule is CCCCCCc1ccc(-c2c(O)c(O)c(-c3ccc(CCCCCC)s3)c3nc4cc(C#N)ccc4nc23)s1. The summed E-state index contributed by atoms with van der Waals surface area (Å²) in [5.41, 5.74) is 3.82. The van der Waals surface area contributed by atoms with Gasteiger partial charge in [-0.05, 0) is 68.1 Å². The third kappa shape index (κ3) is 5.84. The maximum absolute atomic E-state index is 11.5. The fourth-order valence-electron chi connectivity index (χ4n) is 5.15. The lowest BCUT2D eigenvalue weighted by molar-refractivity contribution is 0.407. The molecule has 3 heterocycles. The summed E-state index contributed by atoms with van der Waals surface area (Å²) in [4.78, 5) is 14.1. The van der Waals surface area contributed by atoms with E-state index in [1.165, 1.54) is 48.3 Å². The van der Waals surface area contributed by atoms with E-state index < -0.39 is 0 Å². The number of phenolic OH excluding ortho intramolecular Hbond substituents is 2. The van der Waals surface area contributed by atoms with Gasteiger partial charge < -0.3 is 10.2 Å². The summed E-state index contributed by atoms with van der Waals surface area (Å²) >= 11 is 3.26. The first-order valence-electron chi connectivity index (χ1n) is 14.3. The highest BCUT2D eigenvalue weighted by Gasteiger charge is 2.25. The van der Waals surface area contributed by atoms with Crippen molar-refractivity contribution in [1.82, 2.24) is 9.97 Å². The van der Waals surface area contributed by atoms with Crippen LogP contribution < -0.4 is 0 Å². The summed E-state index contributed by atoms with van der Waals surface area (Å²) < 4.78 is 0. The van der Waals surface area contributed by atoms with Crippen molar-refractivity contribution in [2.24, 2.45) is 0 Å². The van der Waals surface area contributed by atoms with Gasteiger partial charge in [0.2, 0.25) is 0 Å². The summed E-state index contributed by atoms with van der Waals surface area (Å²) in [6, 6.07) is 15.7. The molecule has 40 heavy (non-hydrogen) atoms. The molecule has 0 aliphatic heterocycles. The quantitative estimate of drug-likeness (QED) is 0.0886. The Morgan fingerprint density at radius 3 is 1.70 bits per heavy atom. The Kier molecular flexibility index (Phi) is 8.98. The predicted molar refractivity (Wildman–Crippen MR) is 167 cm³/mol. The minimum absolute atomic E-state index is 0.165. The Bertz CT molecular complexity index is 1680. The molecule has 0 saturated carbocycles. The lowest BCUT2D eigenvalue weighted by atomic mass is 10.0. The number of rotatable bonds is 12. The summed E-state index contributed by atoms with van der Waals surface area (Å²) in [5, 5.41) is 32.4. The van der Waals surface area contributed by atoms with Crippen molar-refractivity contribution in [1.29, 1.82) is 5.26 Å². The first-order chi connectivity index (χ1) is 19.5. The molecule has 3 aromatic heterocycles. The minimum Gasteiger partial charge on any atom is -0.504 e. The minimum atomic E-state index is -0.176. The average molecular weight is 570 g/mol. The molecule has 5 aromatic rings. The number of nitriles is 1. The molecule has 0 amide bonds. The average Bonchev–Trinajstić information content (AvgIpc) is 3.63. The van der Waals surface area contributed by atoms with Gasteiger partial charge in [0.1, 0.15) is 11.0 Å². The summed E-state index contributed by atoms with van der Waals surface area (Å²) in [6.07, 6.45) is 11.5. The molecule has 0 atom stereocenters. The number of phenols is 2. The van der Waals surface area contributed by atoms with Gasteiger partial charge in [-0.1, -0.05) is 52.4 Å². The van der Waals surface area contributed by atoms with Crippen LogP contribution in [0.25, 0.3) is 42.9 Å². The smallest absolute Gasteiger partial charge is 0.169 e. The third-order valence-electron chi connectivity index (χ3n) is 7.33. The summed E-state index contributed by atoms with van der Waals surface area (Å²) in [7, 11) is 0. The maximum Gasteiger partial charge on any atom is 0.169 e. The van der Waals surface area contributed by atoms with Crippen LogP contribution in [0.5, 0.6) is 11.5 Å². The van der Waals surface area contributed by atoms with Crippen LogP contribution in [0.1, 0.15) is 80.5 Å². The van der Waals surface area contributed by atoms with E-state index in [-0.39, 0.29) is 11.5 Å². The lowest BCUT2D eigenvalue weighted by Gasteiger charge is -2.14. The van der Waals surface area contributed by atoms with Gasteiger partial charge in [0.25, 0.3) is 0 Å². The molecule has 0 aliphatic carbocycles. The Morgan fingerprint density at radius 2 is 1.20 bits per heavy atom. The molecule has 206 valence electrons. The molecule has 7 heteroatoms. The van der Waals surface area contributed by atoms with Crippen LogP contribution in [0, 0.1) is 11.3 Å². The van der Waals surface area contributed by atoms with Crippen LogP contribution in [-0.2, 0) is 12.8 Å². The van der Waals surface area contributed by atoms with Gasteiger partial charge in [-0.15, -0.1) is 22.7 Å². The Balaban J connectivity index is 1.64. The van der Waals surface area contributed by atoms with Gasteiger partial charge in [0, 0.05) is 19.5 Å². The molecule has 5 nitrogen and oxygen atoms in total. The second-order valence-corrected chi connectivity index (χ2v) is 12.7. The molecular formula is C33H35N3O2S2. The van der Waals surface area contributed by atoms with Gasteiger partial charge in [-0.3, -0.25) is 0 Å². The van der Waals surface area contributed by atoms with Crippen LogP contribution in [0.4, 0.5) is 0 Å². The predicted octanol–water partition coefficient (Wildman–Crippen LogP) is 9.77. The van der Waals surface area contributed by atoms with Crippen LogP contribution in [-0.4, -0.2) is 20.2 Å². The monoisotopic (exact) mass is 569 g/mol. The molecular weight excluding hydrogens is 535 g/mol. The highest BCUT2D eigenvalue weighted by molar-refractivity contribution is 7.16. The second kappa shape index (κ2) is 12.8. The number of aromatic nitrogens is 2. The zero-order valence-electron chi connectivity index (χ0n) is 23.2. The molecule has 2 N–H and O–H groups in total. The topological polar surface area (TPSA) is 90.0 Å². The summed E-state index contributed by atoms with van der Waals surface area (Å²) in [5.74, 6) is -0.341. The number of nitrogens with zero attached hydrogens (tertiary/aromatic N) is 3. The largest absolute Gasteiger partial charge is 0.504 e. The summed E-state index contributed by atoms with van der Waals surface area (Å²) in [6.45, 7) is 4.42. The van der Waals surface area contributed by atoms with Gasteiger partial charge >= 0.3 is 0 Å². The molecule has 0 bridgehead atoms.